The number of rotatable bonds is 4. The number of fused-ring (bicyclic) bond motifs is 24. The van der Waals surface area contributed by atoms with Crippen LogP contribution in [-0.4, -0.2) is 176 Å². The highest BCUT2D eigenvalue weighted by molar-refractivity contribution is 6.02. The van der Waals surface area contributed by atoms with Gasteiger partial charge in [0.15, 0.2) is 50.3 Å². The zero-order chi connectivity index (χ0) is 83.7. The Balaban J connectivity index is 0.000000120. The standard InChI is InChI=1S/C24H32O6.C24H34O5.C22H30O5.C22H32O4.2C2H6/c1-14-8-16-17-5-7-23(24(30-13-28-23)11-27-12-29-24)22(17,3)10-19(26)20(16)21(2)6-4-15(25)9-18(14)21;1-15-10-16-18-7-9-23(24(29-14-27-23)12-26-13-28-24)22(18,3)11-19(25)20(16)21(2)8-5-4-6-17(15)21;1-12-8-14-15-5-7-22(27,18(26)11-23)21(15,3)10-17(25)19(14)20(2)6-4-13(24)9-16(12)20;1-13-10-14-16-7-9-22(26,18(25)12-23)21(16,3)11-17(24)19(14)20(2)8-5-4-6-15(13)20;2*1-2/h4,6,9,14,16-17,19-20,26H,5,7-8,10-13H2,1-3H3;5-6,8,15-16,18-20,25H,4,7,9-14H2,1-3H3;4,6,9,12,14-15,17,19,23,25,27H,5,7-8,10-11H2,1-3H3;5-6,8,13-14,16-17,19,23-24,26H,4,7,9-12H2,1-3H3;2*1-2H3/t14-,16-,17-,19-,20+,21-,22-,23+,24?;15-,16-,18-,19-,20+,21-,22-,23+,24?;12-,14-,15-,17-,19+,20-,21-,22-;13-,14-,16-,17-,19+,20-,21-,22-;;/m0000../s1. The summed E-state index contributed by atoms with van der Waals surface area (Å²) in [5, 5.41) is 87.0. The highest BCUT2D eigenvalue weighted by atomic mass is 16.9. The first-order chi connectivity index (χ1) is 54.9. The van der Waals surface area contributed by atoms with Crippen molar-refractivity contribution in [3.63, 3.8) is 0 Å². The van der Waals surface area contributed by atoms with Crippen molar-refractivity contribution in [1.82, 2.24) is 0 Å². The molecule has 2 unspecified atom stereocenters. The van der Waals surface area contributed by atoms with Crippen molar-refractivity contribution < 1.29 is 97.9 Å². The van der Waals surface area contributed by atoms with Crippen molar-refractivity contribution in [2.75, 3.05) is 53.6 Å². The van der Waals surface area contributed by atoms with Crippen molar-refractivity contribution in [2.45, 2.75) is 285 Å². The van der Waals surface area contributed by atoms with Gasteiger partial charge in [0.2, 0.25) is 11.6 Å². The lowest BCUT2D eigenvalue weighted by atomic mass is 9.44. The largest absolute Gasteiger partial charge is 0.393 e. The molecule has 20 heteroatoms. The third-order valence-electron chi connectivity index (χ3n) is 36.9. The average Bonchev–Trinajstić information content (AvgIpc) is 1.49. The fourth-order valence-electron chi connectivity index (χ4n) is 32.5. The molecule has 0 radical (unpaired) electrons. The van der Waals surface area contributed by atoms with Crippen molar-refractivity contribution in [3.8, 4) is 0 Å². The third kappa shape index (κ3) is 11.8. The molecule has 20 nitrogen and oxygen atoms in total. The van der Waals surface area contributed by atoms with Crippen LogP contribution in [0.3, 0.4) is 0 Å². The molecule has 0 amide bonds. The van der Waals surface area contributed by atoms with E-state index in [1.807, 2.05) is 53.7 Å². The Morgan fingerprint density at radius 1 is 0.405 bits per heavy atom. The quantitative estimate of drug-likeness (QED) is 0.121. The van der Waals surface area contributed by atoms with Crippen molar-refractivity contribution in [1.29, 1.82) is 0 Å². The fraction of sp³-hybridized carbons (Fsp3) is 0.792. The second kappa shape index (κ2) is 30.4. The molecule has 4 saturated heterocycles. The maximum atomic E-state index is 12.4. The number of ketones is 4. The summed E-state index contributed by atoms with van der Waals surface area (Å²) in [6, 6.07) is 0. The lowest BCUT2D eigenvalue weighted by molar-refractivity contribution is -0.257. The number of Topliss-reactive ketones (excluding diaryl/α,β-unsaturated/α-hetero) is 2. The van der Waals surface area contributed by atoms with Crippen molar-refractivity contribution in [3.05, 3.63) is 95.2 Å². The Morgan fingerprint density at radius 3 is 1.02 bits per heavy atom. The first-order valence-electron chi connectivity index (χ1n) is 45.0. The summed E-state index contributed by atoms with van der Waals surface area (Å²) >= 11 is 0. The van der Waals surface area contributed by atoms with Crippen LogP contribution in [-0.2, 0) is 57.1 Å². The van der Waals surface area contributed by atoms with Crippen LogP contribution >= 0.6 is 0 Å². The Kier molecular flexibility index (Phi) is 22.8. The van der Waals surface area contributed by atoms with Gasteiger partial charge in [-0.1, -0.05) is 182 Å². The first kappa shape index (κ1) is 86.9. The number of hydrogen-bond acceptors (Lipinski definition) is 20. The summed E-state index contributed by atoms with van der Waals surface area (Å²) < 4.78 is 48.3. The smallest absolute Gasteiger partial charge is 0.226 e. The molecule has 4 heterocycles. The van der Waals surface area contributed by atoms with Gasteiger partial charge in [0.1, 0.15) is 48.8 Å². The van der Waals surface area contributed by atoms with Crippen LogP contribution in [0, 0.1) is 138 Å². The summed E-state index contributed by atoms with van der Waals surface area (Å²) in [5.41, 5.74) is -1.60. The van der Waals surface area contributed by atoms with Crippen molar-refractivity contribution >= 4 is 23.1 Å². The monoisotopic (exact) mass is 1610 g/mol. The van der Waals surface area contributed by atoms with Gasteiger partial charge in [-0.15, -0.1) is 0 Å². The van der Waals surface area contributed by atoms with Crippen molar-refractivity contribution in [2.24, 2.45) is 138 Å². The molecule has 116 heavy (non-hydrogen) atoms. The van der Waals surface area contributed by atoms with Crippen LogP contribution in [0.4, 0.5) is 0 Å². The molecule has 16 aliphatic carbocycles. The van der Waals surface area contributed by atoms with E-state index >= 15 is 0 Å². The molecule has 0 aromatic carbocycles. The Bertz CT molecular complexity index is 4050. The molecular weight excluding hydrogens is 1470 g/mol. The lowest BCUT2D eigenvalue weighted by Crippen LogP contribution is -2.66. The molecular formula is C96H140O20. The minimum atomic E-state index is -1.57. The topological polar surface area (TPSA) is 304 Å². The van der Waals surface area contributed by atoms with Crippen LogP contribution < -0.4 is 0 Å². The minimum absolute atomic E-state index is 0.00620. The molecule has 0 aromatic heterocycles. The predicted molar refractivity (Wildman–Crippen MR) is 435 cm³/mol. The predicted octanol–water partition coefficient (Wildman–Crippen LogP) is 13.2. The average molecular weight is 1610 g/mol. The number of hydrogen-bond donors (Lipinski definition) is 8. The molecule has 12 saturated carbocycles. The molecule has 644 valence electrons. The van der Waals surface area contributed by atoms with Gasteiger partial charge in [-0.3, -0.25) is 19.2 Å². The van der Waals surface area contributed by atoms with E-state index in [2.05, 4.69) is 112 Å². The Hall–Kier alpha value is -4.04. The SMILES string of the molecule is CC.CC.C[C@H]1C[C@@H]2[C@H]([C@@H](O)C[C@@]3(C)[C@H]2CC[C@@]32OCOC23COCO3)[C@@]2(C)C=CC(=O)C=C12.C[C@H]1C[C@@H]2[C@H]([C@@H](O)C[C@@]3(C)[C@H]2CC[C@@]32OCOC23COCO3)[C@@]2(C)C=CCC=C12.C[C@H]1C[C@@H]2[C@H]([C@@H](O)C[C@@]3(C)[C@H]2CC[C@]3(O)C(=O)CO)[C@@]2(C)C=CC(=O)C=C12.C[C@H]1C[C@@H]2[C@H]([C@@H](O)C[C@@]3(C)[C@H]2CC[C@]3(O)C(=O)CO)[C@@]2(C)C=CCC=C12. The zero-order valence-electron chi connectivity index (χ0n) is 72.3. The molecule has 20 rings (SSSR count). The number of aliphatic hydroxyl groups excluding tert-OH is 6. The number of ether oxygens (including phenoxy) is 8. The Morgan fingerprint density at radius 2 is 0.698 bits per heavy atom. The van der Waals surface area contributed by atoms with Crippen LogP contribution in [0.5, 0.6) is 0 Å². The van der Waals surface area contributed by atoms with Gasteiger partial charge in [0.25, 0.3) is 0 Å². The van der Waals surface area contributed by atoms with Crippen LogP contribution in [0.15, 0.2) is 95.2 Å². The van der Waals surface area contributed by atoms with Crippen LogP contribution in [0.25, 0.3) is 0 Å². The van der Waals surface area contributed by atoms with E-state index in [1.165, 1.54) is 11.1 Å². The van der Waals surface area contributed by atoms with E-state index in [0.717, 1.165) is 89.0 Å². The molecule has 0 aromatic rings. The molecule has 8 N–H and O–H groups in total. The van der Waals surface area contributed by atoms with Gasteiger partial charge < -0.3 is 78.7 Å². The molecule has 4 spiro atoms. The van der Waals surface area contributed by atoms with Gasteiger partial charge in [-0.2, -0.15) is 0 Å². The van der Waals surface area contributed by atoms with E-state index < -0.39 is 87.9 Å². The summed E-state index contributed by atoms with van der Waals surface area (Å²) in [5.74, 6) is 1.87. The van der Waals surface area contributed by atoms with E-state index in [1.54, 1.807) is 23.8 Å². The van der Waals surface area contributed by atoms with E-state index in [9.17, 15) is 60.0 Å². The maximum Gasteiger partial charge on any atom is 0.226 e. The molecule has 16 fully saturated rings. The van der Waals surface area contributed by atoms with Gasteiger partial charge in [-0.25, -0.2) is 0 Å². The van der Waals surface area contributed by atoms with E-state index in [4.69, 9.17) is 37.9 Å². The lowest BCUT2D eigenvalue weighted by Gasteiger charge is -2.62. The first-order valence-corrected chi connectivity index (χ1v) is 45.0. The normalized spacial score (nSPS) is 53.1. The Labute approximate surface area is 689 Å². The van der Waals surface area contributed by atoms with Gasteiger partial charge in [0, 0.05) is 67.0 Å². The maximum absolute atomic E-state index is 12.4. The summed E-state index contributed by atoms with van der Waals surface area (Å²) in [6.45, 7) is 34.9. The number of aliphatic hydroxyl groups is 8. The molecule has 20 aliphatic rings. The fourth-order valence-corrected chi connectivity index (χ4v) is 32.5. The highest BCUT2D eigenvalue weighted by Crippen LogP contribution is 2.76. The van der Waals surface area contributed by atoms with Crippen LogP contribution in [0.1, 0.15) is 226 Å². The summed E-state index contributed by atoms with van der Waals surface area (Å²) in [7, 11) is 0. The molecule has 34 atom stereocenters. The van der Waals surface area contributed by atoms with Gasteiger partial charge in [-0.05, 0) is 211 Å². The number of carbonyl (C=O) groups excluding carboxylic acids is 4. The second-order valence-electron chi connectivity index (χ2n) is 41.1. The van der Waals surface area contributed by atoms with Gasteiger partial charge >= 0.3 is 0 Å². The molecule has 4 aliphatic heterocycles. The zero-order valence-corrected chi connectivity index (χ0v) is 72.3. The summed E-state index contributed by atoms with van der Waals surface area (Å²) in [6.07, 6.45) is 37.0. The number of allylic oxidation sites excluding steroid dienone is 16. The second-order valence-corrected chi connectivity index (χ2v) is 41.1. The van der Waals surface area contributed by atoms with E-state index in [-0.39, 0.29) is 131 Å². The molecule has 0 bridgehead atoms. The van der Waals surface area contributed by atoms with E-state index in [0.29, 0.717) is 86.7 Å². The van der Waals surface area contributed by atoms with Crippen LogP contribution in [0.2, 0.25) is 0 Å². The van der Waals surface area contributed by atoms with Gasteiger partial charge in [0.05, 0.1) is 24.4 Å². The minimum Gasteiger partial charge on any atom is -0.393 e. The highest BCUT2D eigenvalue weighted by Gasteiger charge is 2.80. The summed E-state index contributed by atoms with van der Waals surface area (Å²) in [4.78, 5) is 48.9. The number of carbonyl (C=O) groups is 4. The third-order valence-corrected chi connectivity index (χ3v) is 36.9.